The first kappa shape index (κ1) is 10.5. The van der Waals surface area contributed by atoms with Crippen molar-refractivity contribution in [2.75, 3.05) is 0 Å². The van der Waals surface area contributed by atoms with Gasteiger partial charge in [-0.25, -0.2) is 0 Å². The Morgan fingerprint density at radius 3 is 2.09 bits per heavy atom. The fourth-order valence-electron chi connectivity index (χ4n) is 0.640. The van der Waals surface area contributed by atoms with Crippen molar-refractivity contribution in [3.8, 4) is 11.8 Å². The third-order valence-electron chi connectivity index (χ3n) is 1.37. The molecule has 2 nitrogen and oxygen atoms in total. The summed E-state index contributed by atoms with van der Waals surface area (Å²) in [5, 5.41) is 18.1. The van der Waals surface area contributed by atoms with E-state index in [-0.39, 0.29) is 0 Å². The van der Waals surface area contributed by atoms with Crippen LogP contribution in [0.5, 0.6) is 0 Å². The lowest BCUT2D eigenvalue weighted by Gasteiger charge is -1.99. The third-order valence-corrected chi connectivity index (χ3v) is 1.37. The van der Waals surface area contributed by atoms with Gasteiger partial charge in [0.2, 0.25) is 0 Å². The molecule has 0 saturated heterocycles. The van der Waals surface area contributed by atoms with Crippen LogP contribution in [0.1, 0.15) is 33.1 Å². The Morgan fingerprint density at radius 2 is 1.64 bits per heavy atom. The van der Waals surface area contributed by atoms with Gasteiger partial charge in [0.15, 0.2) is 0 Å². The number of aliphatic hydroxyl groups is 2. The molecule has 0 amide bonds. The summed E-state index contributed by atoms with van der Waals surface area (Å²) in [5.41, 5.74) is 0. The summed E-state index contributed by atoms with van der Waals surface area (Å²) in [6, 6.07) is 0. The lowest BCUT2D eigenvalue weighted by Crippen LogP contribution is -2.05. The number of rotatable bonds is 3. The van der Waals surface area contributed by atoms with Gasteiger partial charge in [0, 0.05) is 0 Å². The first-order valence-corrected chi connectivity index (χ1v) is 4.07. The summed E-state index contributed by atoms with van der Waals surface area (Å²) in [6.45, 7) is 3.84. The molecule has 2 atom stereocenters. The average Bonchev–Trinajstić information content (AvgIpc) is 2.01. The molecule has 64 valence electrons. The quantitative estimate of drug-likeness (QED) is 0.596. The van der Waals surface area contributed by atoms with Gasteiger partial charge < -0.3 is 10.2 Å². The van der Waals surface area contributed by atoms with Crippen LogP contribution in [0.25, 0.3) is 0 Å². The van der Waals surface area contributed by atoms with Crippen LogP contribution in [0.4, 0.5) is 0 Å². The van der Waals surface area contributed by atoms with Crippen LogP contribution in [-0.2, 0) is 0 Å². The van der Waals surface area contributed by atoms with Crippen molar-refractivity contribution in [1.82, 2.24) is 0 Å². The molecule has 2 N–H and O–H groups in total. The summed E-state index contributed by atoms with van der Waals surface area (Å²) < 4.78 is 0. The fraction of sp³-hybridized carbons (Fsp3) is 0.778. The molecule has 0 rings (SSSR count). The van der Waals surface area contributed by atoms with E-state index in [0.29, 0.717) is 12.8 Å². The SMILES string of the molecule is CCCC(O)C#CC(O)CC. The molecule has 0 aromatic carbocycles. The molecular weight excluding hydrogens is 140 g/mol. The molecular formula is C9H16O2. The van der Waals surface area contributed by atoms with E-state index >= 15 is 0 Å². The second-order valence-corrected chi connectivity index (χ2v) is 2.52. The normalized spacial score (nSPS) is 14.9. The monoisotopic (exact) mass is 156 g/mol. The predicted octanol–water partition coefficient (Wildman–Crippen LogP) is 0.922. The van der Waals surface area contributed by atoms with E-state index in [1.165, 1.54) is 0 Å². The van der Waals surface area contributed by atoms with Crippen molar-refractivity contribution in [1.29, 1.82) is 0 Å². The van der Waals surface area contributed by atoms with Gasteiger partial charge in [0.05, 0.1) is 0 Å². The molecule has 0 spiro atoms. The van der Waals surface area contributed by atoms with Gasteiger partial charge in [-0.05, 0) is 12.8 Å². The second-order valence-electron chi connectivity index (χ2n) is 2.52. The molecule has 0 aromatic rings. The van der Waals surface area contributed by atoms with E-state index in [2.05, 4.69) is 11.8 Å². The van der Waals surface area contributed by atoms with Crippen LogP contribution >= 0.6 is 0 Å². The van der Waals surface area contributed by atoms with E-state index in [0.717, 1.165) is 6.42 Å². The van der Waals surface area contributed by atoms with Gasteiger partial charge in [-0.3, -0.25) is 0 Å². The Hall–Kier alpha value is -0.520. The first-order valence-electron chi connectivity index (χ1n) is 4.07. The Labute approximate surface area is 68.2 Å². The van der Waals surface area contributed by atoms with E-state index in [1.54, 1.807) is 0 Å². The summed E-state index contributed by atoms with van der Waals surface area (Å²) >= 11 is 0. The smallest absolute Gasteiger partial charge is 0.114 e. The summed E-state index contributed by atoms with van der Waals surface area (Å²) in [6.07, 6.45) is 1.07. The molecule has 2 heteroatoms. The van der Waals surface area contributed by atoms with E-state index in [1.807, 2.05) is 13.8 Å². The minimum Gasteiger partial charge on any atom is -0.380 e. The van der Waals surface area contributed by atoms with Crippen molar-refractivity contribution < 1.29 is 10.2 Å². The molecule has 11 heavy (non-hydrogen) atoms. The molecule has 0 aliphatic carbocycles. The van der Waals surface area contributed by atoms with Crippen molar-refractivity contribution in [3.05, 3.63) is 0 Å². The summed E-state index contributed by atoms with van der Waals surface area (Å²) in [5.74, 6) is 5.16. The zero-order chi connectivity index (χ0) is 8.69. The maximum absolute atomic E-state index is 9.11. The molecule has 0 saturated carbocycles. The van der Waals surface area contributed by atoms with Crippen molar-refractivity contribution in [3.63, 3.8) is 0 Å². The lowest BCUT2D eigenvalue weighted by atomic mass is 10.2. The highest BCUT2D eigenvalue weighted by atomic mass is 16.3. The van der Waals surface area contributed by atoms with Gasteiger partial charge in [0.1, 0.15) is 12.2 Å². The molecule has 0 aliphatic heterocycles. The van der Waals surface area contributed by atoms with Crippen LogP contribution in [-0.4, -0.2) is 22.4 Å². The minimum atomic E-state index is -0.582. The highest BCUT2D eigenvalue weighted by Gasteiger charge is 1.96. The van der Waals surface area contributed by atoms with Crippen LogP contribution in [0.2, 0.25) is 0 Å². The number of aliphatic hydroxyl groups excluding tert-OH is 2. The van der Waals surface area contributed by atoms with Gasteiger partial charge >= 0.3 is 0 Å². The Morgan fingerprint density at radius 1 is 1.09 bits per heavy atom. The Bertz CT molecular complexity index is 143. The van der Waals surface area contributed by atoms with Crippen LogP contribution in [0.3, 0.4) is 0 Å². The van der Waals surface area contributed by atoms with Crippen LogP contribution in [0, 0.1) is 11.8 Å². The maximum atomic E-state index is 9.11. The zero-order valence-electron chi connectivity index (χ0n) is 7.17. The molecule has 0 radical (unpaired) electrons. The third kappa shape index (κ3) is 5.90. The Kier molecular flexibility index (Phi) is 5.91. The van der Waals surface area contributed by atoms with E-state index in [4.69, 9.17) is 10.2 Å². The molecule has 0 aliphatic rings. The summed E-state index contributed by atoms with van der Waals surface area (Å²) in [4.78, 5) is 0. The van der Waals surface area contributed by atoms with Crippen molar-refractivity contribution in [2.45, 2.75) is 45.3 Å². The maximum Gasteiger partial charge on any atom is 0.114 e. The highest BCUT2D eigenvalue weighted by Crippen LogP contribution is 1.94. The van der Waals surface area contributed by atoms with Gasteiger partial charge in [-0.1, -0.05) is 32.1 Å². The highest BCUT2D eigenvalue weighted by molar-refractivity contribution is 5.08. The van der Waals surface area contributed by atoms with Gasteiger partial charge in [-0.2, -0.15) is 0 Å². The van der Waals surface area contributed by atoms with Crippen LogP contribution in [0.15, 0.2) is 0 Å². The second kappa shape index (κ2) is 6.21. The fourth-order valence-corrected chi connectivity index (χ4v) is 0.640. The Balaban J connectivity index is 3.66. The van der Waals surface area contributed by atoms with Gasteiger partial charge in [0.25, 0.3) is 0 Å². The van der Waals surface area contributed by atoms with E-state index < -0.39 is 12.2 Å². The molecule has 2 unspecified atom stereocenters. The summed E-state index contributed by atoms with van der Waals surface area (Å²) in [7, 11) is 0. The topological polar surface area (TPSA) is 40.5 Å². The molecule has 0 heterocycles. The van der Waals surface area contributed by atoms with E-state index in [9.17, 15) is 0 Å². The average molecular weight is 156 g/mol. The molecule has 0 bridgehead atoms. The minimum absolute atomic E-state index is 0.568. The predicted molar refractivity (Wildman–Crippen MR) is 45.0 cm³/mol. The number of hydrogen-bond donors (Lipinski definition) is 2. The lowest BCUT2D eigenvalue weighted by molar-refractivity contribution is 0.213. The zero-order valence-corrected chi connectivity index (χ0v) is 7.17. The molecule has 0 fully saturated rings. The molecule has 0 aromatic heterocycles. The van der Waals surface area contributed by atoms with Crippen molar-refractivity contribution in [2.24, 2.45) is 0 Å². The standard InChI is InChI=1S/C9H16O2/c1-3-5-9(11)7-6-8(10)4-2/h8-11H,3-5H2,1-2H3. The van der Waals surface area contributed by atoms with Gasteiger partial charge in [-0.15, -0.1) is 0 Å². The van der Waals surface area contributed by atoms with Crippen molar-refractivity contribution >= 4 is 0 Å². The van der Waals surface area contributed by atoms with Crippen LogP contribution < -0.4 is 0 Å². The largest absolute Gasteiger partial charge is 0.380 e. The first-order chi connectivity index (χ1) is 5.20. The number of hydrogen-bond acceptors (Lipinski definition) is 2.